The molecule has 0 bridgehead atoms. The maximum absolute atomic E-state index is 15.4. The van der Waals surface area contributed by atoms with Crippen LogP contribution in [0.2, 0.25) is 15.2 Å². The molecule has 1 amide bonds. The number of nitrogens with one attached hydrogen (secondary N) is 1. The van der Waals surface area contributed by atoms with Crippen LogP contribution < -0.4 is 10.2 Å². The maximum atomic E-state index is 15.4. The van der Waals surface area contributed by atoms with E-state index in [1.54, 1.807) is 0 Å². The molecule has 0 aliphatic heterocycles. The summed E-state index contributed by atoms with van der Waals surface area (Å²) < 4.78 is 56.1. The van der Waals surface area contributed by atoms with Crippen LogP contribution in [0.4, 0.5) is 17.6 Å². The summed E-state index contributed by atoms with van der Waals surface area (Å²) in [5, 5.41) is 0.789. The first kappa shape index (κ1) is 25.1. The number of hydrogen-bond donors (Lipinski definition) is 1. The molecule has 31 heavy (non-hydrogen) atoms. The van der Waals surface area contributed by atoms with E-state index in [-0.39, 0.29) is 29.3 Å². The minimum Gasteiger partial charge on any atom is -0.356 e. The van der Waals surface area contributed by atoms with Gasteiger partial charge in [-0.3, -0.25) is 14.6 Å². The Morgan fingerprint density at radius 3 is 2.26 bits per heavy atom. The number of carbonyl (C=O) groups excluding carboxylic acids is 2. The lowest BCUT2D eigenvalue weighted by atomic mass is 10.0. The first-order valence-electron chi connectivity index (χ1n) is 8.48. The number of nitrogens with zero attached hydrogens (tertiary/aromatic N) is 1. The van der Waals surface area contributed by atoms with Crippen molar-refractivity contribution in [2.45, 2.75) is 26.4 Å². The molecular weight excluding hydrogens is 491 g/mol. The van der Waals surface area contributed by atoms with E-state index >= 15 is 4.39 Å². The predicted octanol–water partition coefficient (Wildman–Crippen LogP) is 5.35. The molecule has 1 heterocycles. The third-order valence-corrected chi connectivity index (χ3v) is 5.28. The van der Waals surface area contributed by atoms with Crippen molar-refractivity contribution >= 4 is 46.7 Å². The van der Waals surface area contributed by atoms with Gasteiger partial charge in [0.05, 0.1) is 10.0 Å². The monoisotopic (exact) mass is 504 g/mol. The van der Waals surface area contributed by atoms with E-state index in [0.29, 0.717) is 4.57 Å². The first-order chi connectivity index (χ1) is 14.3. The number of amides is 1. The number of rotatable bonds is 6. The average molecular weight is 506 g/mol. The molecule has 1 N–H and O–H groups in total. The molecule has 0 saturated carbocycles. The van der Waals surface area contributed by atoms with Gasteiger partial charge in [-0.25, -0.2) is 9.18 Å². The standard InChI is InChI=1S/C18H15Cl3F4N2O4/c1-7(28)26-5-4-9-13(19)11(31-30-8(2)29)6-10(15(9)22)12-14(20)16(18(23,24)25)27(3)17(12)21/h6H,4-5H2,1-3H3,(H,26,28). The van der Waals surface area contributed by atoms with Crippen LogP contribution in [-0.4, -0.2) is 23.0 Å². The number of carbonyl (C=O) groups is 2. The van der Waals surface area contributed by atoms with E-state index in [1.807, 2.05) is 0 Å². The molecule has 0 aliphatic rings. The van der Waals surface area contributed by atoms with Crippen molar-refractivity contribution in [3.05, 3.63) is 38.3 Å². The van der Waals surface area contributed by atoms with Gasteiger partial charge in [-0.05, 0) is 12.5 Å². The molecule has 0 aliphatic carbocycles. The van der Waals surface area contributed by atoms with Crippen molar-refractivity contribution in [1.29, 1.82) is 0 Å². The summed E-state index contributed by atoms with van der Waals surface area (Å²) in [6.07, 6.45) is -5.04. The minimum absolute atomic E-state index is 0.0491. The van der Waals surface area contributed by atoms with Crippen LogP contribution in [0.1, 0.15) is 25.1 Å². The summed E-state index contributed by atoms with van der Waals surface area (Å²) in [4.78, 5) is 31.4. The largest absolute Gasteiger partial charge is 0.432 e. The SMILES string of the molecule is CC(=O)NCCc1c(F)c(-c2c(Cl)c(C(F)(F)F)n(C)c2Cl)cc(OOC(C)=O)c1Cl. The third kappa shape index (κ3) is 5.36. The van der Waals surface area contributed by atoms with E-state index in [2.05, 4.69) is 10.2 Å². The molecular formula is C18H15Cl3F4N2O4. The molecule has 0 unspecified atom stereocenters. The first-order valence-corrected chi connectivity index (χ1v) is 9.62. The molecule has 6 nitrogen and oxygen atoms in total. The van der Waals surface area contributed by atoms with Gasteiger partial charge in [-0.15, -0.1) is 0 Å². The highest BCUT2D eigenvalue weighted by Crippen LogP contribution is 2.48. The van der Waals surface area contributed by atoms with E-state index in [1.165, 1.54) is 6.92 Å². The average Bonchev–Trinajstić information content (AvgIpc) is 2.86. The van der Waals surface area contributed by atoms with E-state index < -0.39 is 50.9 Å². The van der Waals surface area contributed by atoms with Gasteiger partial charge in [-0.2, -0.15) is 13.2 Å². The Labute approximate surface area is 188 Å². The zero-order chi connectivity index (χ0) is 23.7. The number of benzene rings is 1. The Balaban J connectivity index is 2.73. The lowest BCUT2D eigenvalue weighted by molar-refractivity contribution is -0.210. The summed E-state index contributed by atoms with van der Waals surface area (Å²) in [7, 11) is 1.02. The number of alkyl halides is 3. The highest BCUT2D eigenvalue weighted by atomic mass is 35.5. The van der Waals surface area contributed by atoms with Crippen LogP contribution in [-0.2, 0) is 34.1 Å². The van der Waals surface area contributed by atoms with Crippen molar-refractivity contribution in [1.82, 2.24) is 9.88 Å². The quantitative estimate of drug-likeness (QED) is 0.327. The fraction of sp³-hybridized carbons (Fsp3) is 0.333. The zero-order valence-electron chi connectivity index (χ0n) is 16.2. The smallest absolute Gasteiger partial charge is 0.356 e. The maximum Gasteiger partial charge on any atom is 0.432 e. The van der Waals surface area contributed by atoms with Gasteiger partial charge in [-0.1, -0.05) is 34.8 Å². The van der Waals surface area contributed by atoms with Crippen molar-refractivity contribution in [2.75, 3.05) is 6.54 Å². The summed E-state index contributed by atoms with van der Waals surface area (Å²) in [6, 6.07) is 0.912. The van der Waals surface area contributed by atoms with E-state index in [4.69, 9.17) is 39.7 Å². The van der Waals surface area contributed by atoms with Crippen molar-refractivity contribution in [3.63, 3.8) is 0 Å². The van der Waals surface area contributed by atoms with Gasteiger partial charge in [0.25, 0.3) is 0 Å². The lowest BCUT2D eigenvalue weighted by Crippen LogP contribution is -2.23. The number of aromatic nitrogens is 1. The Bertz CT molecular complexity index is 1040. The van der Waals surface area contributed by atoms with Gasteiger partial charge in [0.2, 0.25) is 5.91 Å². The molecule has 0 saturated heterocycles. The lowest BCUT2D eigenvalue weighted by Gasteiger charge is -2.15. The van der Waals surface area contributed by atoms with Gasteiger partial charge >= 0.3 is 12.1 Å². The highest BCUT2D eigenvalue weighted by molar-refractivity contribution is 6.40. The summed E-state index contributed by atoms with van der Waals surface area (Å²) in [6.45, 7) is 2.22. The van der Waals surface area contributed by atoms with E-state index in [9.17, 15) is 22.8 Å². The second kappa shape index (κ2) is 9.54. The molecule has 2 aromatic rings. The molecule has 0 radical (unpaired) electrons. The summed E-state index contributed by atoms with van der Waals surface area (Å²) in [5.41, 5.74) is -2.43. The van der Waals surface area contributed by atoms with Crippen LogP contribution >= 0.6 is 34.8 Å². The Hall–Kier alpha value is -2.17. The van der Waals surface area contributed by atoms with Crippen molar-refractivity contribution in [3.8, 4) is 16.9 Å². The second-order valence-corrected chi connectivity index (χ2v) is 7.42. The molecule has 1 aromatic heterocycles. The fourth-order valence-electron chi connectivity index (χ4n) is 2.76. The summed E-state index contributed by atoms with van der Waals surface area (Å²) >= 11 is 18.1. The van der Waals surface area contributed by atoms with Crippen LogP contribution in [0.3, 0.4) is 0 Å². The number of halogens is 7. The molecule has 0 spiro atoms. The van der Waals surface area contributed by atoms with Gasteiger partial charge in [0.15, 0.2) is 5.75 Å². The number of hydrogen-bond acceptors (Lipinski definition) is 4. The van der Waals surface area contributed by atoms with Gasteiger partial charge < -0.3 is 9.88 Å². The van der Waals surface area contributed by atoms with Crippen LogP contribution in [0, 0.1) is 5.82 Å². The summed E-state index contributed by atoms with van der Waals surface area (Å²) in [5.74, 6) is -2.66. The van der Waals surface area contributed by atoms with Crippen molar-refractivity contribution < 1.29 is 36.9 Å². The van der Waals surface area contributed by atoms with Crippen molar-refractivity contribution in [2.24, 2.45) is 7.05 Å². The van der Waals surface area contributed by atoms with E-state index in [0.717, 1.165) is 20.0 Å². The molecule has 170 valence electrons. The Kier molecular flexibility index (Phi) is 7.72. The normalized spacial score (nSPS) is 11.4. The van der Waals surface area contributed by atoms with Crippen LogP contribution in [0.25, 0.3) is 11.1 Å². The second-order valence-electron chi connectivity index (χ2n) is 6.31. The molecule has 0 fully saturated rings. The van der Waals surface area contributed by atoms with Gasteiger partial charge in [0, 0.05) is 44.1 Å². The third-order valence-electron chi connectivity index (χ3n) is 4.06. The Morgan fingerprint density at radius 2 is 1.77 bits per heavy atom. The zero-order valence-corrected chi connectivity index (χ0v) is 18.5. The fourth-order valence-corrected chi connectivity index (χ4v) is 3.78. The molecule has 2 rings (SSSR count). The molecule has 13 heteroatoms. The topological polar surface area (TPSA) is 69.6 Å². The molecule has 1 aromatic carbocycles. The predicted molar refractivity (Wildman–Crippen MR) is 106 cm³/mol. The van der Waals surface area contributed by atoms with Gasteiger partial charge in [0.1, 0.15) is 16.7 Å². The van der Waals surface area contributed by atoms with Crippen LogP contribution in [0.15, 0.2) is 6.07 Å². The molecule has 0 atom stereocenters. The highest BCUT2D eigenvalue weighted by Gasteiger charge is 2.40. The van der Waals surface area contributed by atoms with Crippen LogP contribution in [0.5, 0.6) is 5.75 Å². The Morgan fingerprint density at radius 1 is 1.16 bits per heavy atom. The minimum atomic E-state index is -4.87.